The number of likely N-dealkylation sites (tertiary alicyclic amines) is 1. The van der Waals surface area contributed by atoms with Crippen LogP contribution in [-0.2, 0) is 9.53 Å². The first kappa shape index (κ1) is 52.1. The van der Waals surface area contributed by atoms with Crippen LogP contribution in [0.4, 0.5) is 0 Å². The maximum Gasteiger partial charge on any atom is 0.225 e. The summed E-state index contributed by atoms with van der Waals surface area (Å²) in [4.78, 5) is 28.3. The topological polar surface area (TPSA) is 151 Å². The summed E-state index contributed by atoms with van der Waals surface area (Å²) in [5.74, 6) is 2.37. The fourth-order valence-electron chi connectivity index (χ4n) is 15.5. The van der Waals surface area contributed by atoms with Crippen molar-refractivity contribution in [2.75, 3.05) is 39.3 Å². The van der Waals surface area contributed by atoms with Gasteiger partial charge in [-0.15, -0.1) is 11.8 Å². The summed E-state index contributed by atoms with van der Waals surface area (Å²) < 4.78 is 19.5. The van der Waals surface area contributed by atoms with Gasteiger partial charge in [0, 0.05) is 85.0 Å². The van der Waals surface area contributed by atoms with Gasteiger partial charge in [-0.25, -0.2) is 10.9 Å². The fourth-order valence-corrected chi connectivity index (χ4v) is 17.5. The lowest BCUT2D eigenvalue weighted by Gasteiger charge is -2.63. The monoisotopic (exact) mass is 1040 g/mol. The maximum atomic E-state index is 14.5. The minimum absolute atomic E-state index is 0.0168. The first-order valence-corrected chi connectivity index (χ1v) is 29.5. The number of hydrazine groups is 1. The molecular formula is C57H83ClN10O4S. The number of ether oxygens (including phenoxy) is 3. The van der Waals surface area contributed by atoms with Crippen LogP contribution < -0.4 is 36.3 Å². The molecule has 10 atom stereocenters. The molecule has 5 N–H and O–H groups in total. The van der Waals surface area contributed by atoms with Crippen LogP contribution in [0.1, 0.15) is 137 Å². The highest BCUT2D eigenvalue weighted by atomic mass is 35.5. The van der Waals surface area contributed by atoms with E-state index in [-0.39, 0.29) is 77.2 Å². The van der Waals surface area contributed by atoms with E-state index in [4.69, 9.17) is 30.8 Å². The Morgan fingerprint density at radius 2 is 1.70 bits per heavy atom. The van der Waals surface area contributed by atoms with Gasteiger partial charge in [0.15, 0.2) is 0 Å². The molecule has 6 aliphatic heterocycles. The average molecular weight is 1040 g/mol. The zero-order valence-corrected chi connectivity index (χ0v) is 46.1. The number of halogens is 1. The fraction of sp³-hybridized carbons (Fsp3) is 0.737. The second-order valence-corrected chi connectivity index (χ2v) is 26.8. The number of thioether (sulfide) groups is 1. The van der Waals surface area contributed by atoms with Crippen LogP contribution in [0.15, 0.2) is 47.5 Å². The number of aliphatic imine (C=N–C) groups is 1. The summed E-state index contributed by atoms with van der Waals surface area (Å²) in [5.41, 5.74) is 9.66. The van der Waals surface area contributed by atoms with Crippen LogP contribution in [-0.4, -0.2) is 131 Å². The standard InChI is InChI=1S/C57H83ClN10O4S/c1-34-35(2)73-51-47(34)48(62-45(27-46-60-23-25-70-46)49-65-64-36(3)68(49)51)37-16-19-41(20-17-37)71-43-28-57(29-43)22-13-24-66(33-57)54-61-31-39(32-67(54)40-14-11-9-8-10-12-15-40)50(69)63-52-55(4,5)53(56(52,6)7)72-42-21-18-38(30-59)44(58)26-42/h16-21,26,34-36,39-40,43,45-47,49,51-54,60-61,64-65H,8-15,22-25,27-29,31-33H2,1-7H3,(H,63,69)/t34?,35?,36?,39?,43?,45-,46?,47?,49?,51?,52?,53?,54?,57?/m0/s1. The summed E-state index contributed by atoms with van der Waals surface area (Å²) in [6.45, 7) is 21.0. The van der Waals surface area contributed by atoms with Crippen molar-refractivity contribution in [3.63, 3.8) is 0 Å². The Labute approximate surface area is 444 Å². The summed E-state index contributed by atoms with van der Waals surface area (Å²) in [7, 11) is 0. The molecule has 3 saturated carbocycles. The van der Waals surface area contributed by atoms with Gasteiger partial charge in [0.2, 0.25) is 5.91 Å². The highest BCUT2D eigenvalue weighted by molar-refractivity contribution is 8.00. The zero-order chi connectivity index (χ0) is 50.8. The van der Waals surface area contributed by atoms with Crippen molar-refractivity contribution in [3.8, 4) is 17.6 Å². The van der Waals surface area contributed by atoms with E-state index < -0.39 is 0 Å². The smallest absolute Gasteiger partial charge is 0.225 e. The van der Waals surface area contributed by atoms with Gasteiger partial charge in [-0.1, -0.05) is 85.2 Å². The second-order valence-electron chi connectivity index (χ2n) is 24.9. The van der Waals surface area contributed by atoms with Gasteiger partial charge in [-0.3, -0.25) is 35.1 Å². The largest absolute Gasteiger partial charge is 0.490 e. The number of piperidine rings is 1. The van der Waals surface area contributed by atoms with Gasteiger partial charge in [0.25, 0.3) is 0 Å². The van der Waals surface area contributed by atoms with E-state index >= 15 is 0 Å². The molecule has 6 heterocycles. The number of nitrogens with one attached hydrogen (secondary N) is 5. The molecule has 398 valence electrons. The van der Waals surface area contributed by atoms with E-state index in [0.29, 0.717) is 51.4 Å². The molecule has 73 heavy (non-hydrogen) atoms. The number of hydrogen-bond donors (Lipinski definition) is 5. The zero-order valence-electron chi connectivity index (χ0n) is 44.5. The predicted molar refractivity (Wildman–Crippen MR) is 289 cm³/mol. The predicted octanol–water partition coefficient (Wildman–Crippen LogP) is 8.05. The van der Waals surface area contributed by atoms with Crippen molar-refractivity contribution in [1.82, 2.24) is 41.5 Å². The Balaban J connectivity index is 0.739. The molecule has 2 aromatic rings. The Bertz CT molecular complexity index is 2350. The molecule has 8 fully saturated rings. The molecule has 0 radical (unpaired) electrons. The molecule has 16 heteroatoms. The highest BCUT2D eigenvalue weighted by Gasteiger charge is 2.64. The first-order chi connectivity index (χ1) is 35.1. The molecule has 1 amide bonds. The summed E-state index contributed by atoms with van der Waals surface area (Å²) >= 11 is 8.49. The van der Waals surface area contributed by atoms with E-state index in [9.17, 15) is 10.1 Å². The van der Waals surface area contributed by atoms with E-state index in [1.54, 1.807) is 12.1 Å². The van der Waals surface area contributed by atoms with Crippen molar-refractivity contribution in [1.29, 1.82) is 5.26 Å². The van der Waals surface area contributed by atoms with Crippen molar-refractivity contribution >= 4 is 35.0 Å². The van der Waals surface area contributed by atoms with Crippen LogP contribution in [0.5, 0.6) is 11.5 Å². The molecule has 11 rings (SSSR count). The van der Waals surface area contributed by atoms with Gasteiger partial charge < -0.3 is 19.5 Å². The van der Waals surface area contributed by atoms with Crippen LogP contribution in [0.3, 0.4) is 0 Å². The minimum atomic E-state index is -0.320. The Morgan fingerprint density at radius 3 is 2.41 bits per heavy atom. The van der Waals surface area contributed by atoms with Gasteiger partial charge in [-0.05, 0) is 98.7 Å². The summed E-state index contributed by atoms with van der Waals surface area (Å²) in [5, 5.41) is 21.8. The lowest BCUT2D eigenvalue weighted by Crippen LogP contribution is -2.76. The SMILES string of the molecule is CC1SC2C(C(c3ccc(OC4CC5(CCCN(C6NCC(C(=O)NC7C(C)(C)C(Oc8ccc(C#N)c(Cl)c8)C7(C)C)CN6C6CCCCCCC6)C5)C4)cc3)=N[C@@H](CC3NCCO3)C3NNC(C)N23)C1C. The number of rotatable bonds is 11. The molecule has 5 saturated heterocycles. The van der Waals surface area contributed by atoms with E-state index in [0.717, 1.165) is 57.8 Å². The van der Waals surface area contributed by atoms with Gasteiger partial charge in [0.1, 0.15) is 36.2 Å². The Hall–Kier alpha value is -3.01. The number of benzene rings is 2. The molecule has 0 bridgehead atoms. The molecule has 1 spiro atoms. The number of nitrogens with zero attached hydrogens (tertiary/aromatic N) is 5. The molecule has 0 aromatic heterocycles. The second kappa shape index (κ2) is 21.1. The molecule has 14 nitrogen and oxygen atoms in total. The quantitative estimate of drug-likeness (QED) is 0.148. The van der Waals surface area contributed by atoms with Crippen molar-refractivity contribution in [2.24, 2.45) is 39.0 Å². The van der Waals surface area contributed by atoms with E-state index in [1.165, 1.54) is 69.1 Å². The van der Waals surface area contributed by atoms with Crippen LogP contribution in [0.2, 0.25) is 5.02 Å². The Morgan fingerprint density at radius 1 is 0.959 bits per heavy atom. The van der Waals surface area contributed by atoms with Crippen molar-refractivity contribution < 1.29 is 19.0 Å². The maximum absolute atomic E-state index is 14.5. The molecule has 9 unspecified atom stereocenters. The third kappa shape index (κ3) is 10.1. The highest BCUT2D eigenvalue weighted by Crippen LogP contribution is 2.56. The number of fused-ring (bicyclic) bond motifs is 3. The lowest BCUT2D eigenvalue weighted by atomic mass is 9.49. The van der Waals surface area contributed by atoms with Gasteiger partial charge in [-0.2, -0.15) is 5.26 Å². The van der Waals surface area contributed by atoms with Crippen molar-refractivity contribution in [2.45, 2.75) is 191 Å². The third-order valence-corrected chi connectivity index (χ3v) is 21.1. The van der Waals surface area contributed by atoms with E-state index in [2.05, 4.69) is 132 Å². The normalized spacial score (nSPS) is 36.8. The van der Waals surface area contributed by atoms with Crippen LogP contribution in [0, 0.1) is 45.3 Å². The first-order valence-electron chi connectivity index (χ1n) is 28.2. The summed E-state index contributed by atoms with van der Waals surface area (Å²) in [6, 6.07) is 16.8. The van der Waals surface area contributed by atoms with Gasteiger partial charge >= 0.3 is 0 Å². The average Bonchev–Trinajstić information content (AvgIpc) is 4.07. The van der Waals surface area contributed by atoms with Crippen molar-refractivity contribution in [3.05, 3.63) is 58.6 Å². The Kier molecular flexibility index (Phi) is 15.0. The molecular weight excluding hydrogens is 956 g/mol. The van der Waals surface area contributed by atoms with E-state index in [1.807, 2.05) is 6.07 Å². The number of hydrogen-bond acceptors (Lipinski definition) is 14. The minimum Gasteiger partial charge on any atom is -0.490 e. The van der Waals surface area contributed by atoms with Gasteiger partial charge in [0.05, 0.1) is 53.0 Å². The van der Waals surface area contributed by atoms with Crippen LogP contribution in [0.25, 0.3) is 0 Å². The third-order valence-electron chi connectivity index (χ3n) is 19.2. The number of amides is 1. The molecule has 3 aliphatic carbocycles. The lowest BCUT2D eigenvalue weighted by molar-refractivity contribution is -0.176. The van der Waals surface area contributed by atoms with Crippen LogP contribution >= 0.6 is 23.4 Å². The number of nitriles is 1. The molecule has 9 aliphatic rings. The number of carbonyl (C=O) groups excluding carboxylic acids is 1. The summed E-state index contributed by atoms with van der Waals surface area (Å²) in [6.07, 6.45) is 14.7. The number of carbonyl (C=O) groups is 1. The molecule has 2 aromatic carbocycles.